The molecular formula is C32H37N7O8S. The lowest BCUT2D eigenvalue weighted by molar-refractivity contribution is -0.139. The Kier molecular flexibility index (Phi) is 9.84. The van der Waals surface area contributed by atoms with Gasteiger partial charge >= 0.3 is 0 Å². The third-order valence-electron chi connectivity index (χ3n) is 8.44. The summed E-state index contributed by atoms with van der Waals surface area (Å²) in [6.07, 6.45) is 6.99. The monoisotopic (exact) mass is 679 g/mol. The van der Waals surface area contributed by atoms with Crippen LogP contribution >= 0.6 is 0 Å². The van der Waals surface area contributed by atoms with Crippen molar-refractivity contribution in [3.63, 3.8) is 0 Å². The molecule has 16 heteroatoms. The van der Waals surface area contributed by atoms with Gasteiger partial charge in [-0.3, -0.25) is 28.9 Å². The maximum absolute atomic E-state index is 13.9. The van der Waals surface area contributed by atoms with Crippen LogP contribution in [0.1, 0.15) is 25.7 Å². The zero-order chi connectivity index (χ0) is 34.6. The summed E-state index contributed by atoms with van der Waals surface area (Å²) in [5.74, 6) is -2.43. The van der Waals surface area contributed by atoms with Gasteiger partial charge in [-0.2, -0.15) is 0 Å². The molecule has 0 unspecified atom stereocenters. The standard InChI is InChI=1S/C32H37N7O8S/c1-4-21-15-32(21,31(43)38-48(44,45)24-6-7-24)37-29(42)26-14-23(47-30-25-8-5-22(46-3)13-20(25)9-11-35-30)18-39(26)27(40)17-36-28(41)19(2)16-34-12-10-33/h4-5,8-13,16,21,23-24,26H,1-2,6-7,14-15,17-18,33H2,3H3,(H,36,41)(H,37,42)(H,38,43)/b12-10-,34-16-/t21-,23-,26+,32-/m1/s1. The largest absolute Gasteiger partial charge is 0.497 e. The molecule has 0 spiro atoms. The maximum Gasteiger partial charge on any atom is 0.259 e. The quantitative estimate of drug-likeness (QED) is 0.123. The minimum absolute atomic E-state index is 0.0152. The van der Waals surface area contributed by atoms with Crippen molar-refractivity contribution in [3.8, 4) is 11.6 Å². The van der Waals surface area contributed by atoms with E-state index < -0.39 is 69.0 Å². The predicted octanol–water partition coefficient (Wildman–Crippen LogP) is 0.434. The third kappa shape index (κ3) is 7.33. The number of nitrogens with two attached hydrogens (primary N) is 1. The van der Waals surface area contributed by atoms with Gasteiger partial charge < -0.3 is 30.7 Å². The van der Waals surface area contributed by atoms with E-state index in [9.17, 15) is 27.6 Å². The number of benzene rings is 1. The number of aromatic nitrogens is 1. The third-order valence-corrected chi connectivity index (χ3v) is 10.3. The molecule has 2 aliphatic carbocycles. The van der Waals surface area contributed by atoms with Crippen LogP contribution in [0.2, 0.25) is 0 Å². The highest BCUT2D eigenvalue weighted by molar-refractivity contribution is 7.91. The molecule has 1 aromatic carbocycles. The Morgan fingerprint density at radius 3 is 2.67 bits per heavy atom. The van der Waals surface area contributed by atoms with Crippen LogP contribution in [-0.4, -0.2) is 91.3 Å². The van der Waals surface area contributed by atoms with Crippen molar-refractivity contribution >= 4 is 50.6 Å². The molecule has 1 saturated heterocycles. The first-order chi connectivity index (χ1) is 22.9. The van der Waals surface area contributed by atoms with E-state index in [1.807, 2.05) is 6.07 Å². The summed E-state index contributed by atoms with van der Waals surface area (Å²) in [6.45, 7) is 6.79. The summed E-state index contributed by atoms with van der Waals surface area (Å²) >= 11 is 0. The summed E-state index contributed by atoms with van der Waals surface area (Å²) in [5.41, 5.74) is 3.65. The average molecular weight is 680 g/mol. The number of nitrogens with one attached hydrogen (secondary N) is 3. The van der Waals surface area contributed by atoms with Crippen LogP contribution in [-0.2, 0) is 29.2 Å². The van der Waals surface area contributed by atoms with Gasteiger partial charge in [0.05, 0.1) is 31.0 Å². The smallest absolute Gasteiger partial charge is 0.259 e. The molecule has 5 rings (SSSR count). The van der Waals surface area contributed by atoms with Crippen LogP contribution < -0.4 is 30.6 Å². The summed E-state index contributed by atoms with van der Waals surface area (Å²) in [7, 11) is -2.33. The number of sulfonamides is 1. The van der Waals surface area contributed by atoms with Crippen molar-refractivity contribution in [2.45, 2.75) is 48.6 Å². The zero-order valence-electron chi connectivity index (χ0n) is 26.3. The Bertz CT molecular complexity index is 1820. The topological polar surface area (TPSA) is 211 Å². The highest BCUT2D eigenvalue weighted by Crippen LogP contribution is 2.45. The van der Waals surface area contributed by atoms with Crippen LogP contribution in [0.3, 0.4) is 0 Å². The first-order valence-corrected chi connectivity index (χ1v) is 16.7. The second kappa shape index (κ2) is 13.9. The predicted molar refractivity (Wildman–Crippen MR) is 176 cm³/mol. The van der Waals surface area contributed by atoms with Gasteiger partial charge in [-0.05, 0) is 48.9 Å². The number of likely N-dealkylation sites (tertiary alicyclic amines) is 1. The molecular weight excluding hydrogens is 642 g/mol. The Hall–Kier alpha value is -5.25. The van der Waals surface area contributed by atoms with Crippen LogP contribution in [0.15, 0.2) is 72.7 Å². The Morgan fingerprint density at radius 1 is 1.23 bits per heavy atom. The lowest BCUT2D eigenvalue weighted by atomic mass is 10.1. The van der Waals surface area contributed by atoms with Gasteiger partial charge in [-0.25, -0.2) is 13.4 Å². The molecule has 0 radical (unpaired) electrons. The second-order valence-electron chi connectivity index (χ2n) is 11.8. The van der Waals surface area contributed by atoms with Crippen molar-refractivity contribution in [2.75, 3.05) is 20.2 Å². The molecule has 3 fully saturated rings. The van der Waals surface area contributed by atoms with Crippen LogP contribution in [0.5, 0.6) is 11.6 Å². The van der Waals surface area contributed by atoms with Gasteiger partial charge in [-0.1, -0.05) is 12.7 Å². The number of hydrogen-bond acceptors (Lipinski definition) is 11. The summed E-state index contributed by atoms with van der Waals surface area (Å²) < 4.78 is 38.7. The number of hydrogen-bond donors (Lipinski definition) is 4. The maximum atomic E-state index is 13.9. The number of nitrogens with zero attached hydrogens (tertiary/aromatic N) is 3. The van der Waals surface area contributed by atoms with E-state index in [2.05, 4.69) is 38.5 Å². The number of aliphatic imine (C=N–C) groups is 1. The molecule has 254 valence electrons. The van der Waals surface area contributed by atoms with E-state index in [4.69, 9.17) is 15.2 Å². The number of fused-ring (bicyclic) bond motifs is 1. The summed E-state index contributed by atoms with van der Waals surface area (Å²) in [5, 5.41) is 6.01. The molecule has 4 atom stereocenters. The van der Waals surface area contributed by atoms with Crippen molar-refractivity contribution in [1.29, 1.82) is 0 Å². The van der Waals surface area contributed by atoms with Crippen molar-refractivity contribution in [3.05, 3.63) is 67.7 Å². The Balaban J connectivity index is 1.35. The van der Waals surface area contributed by atoms with E-state index in [1.54, 1.807) is 31.5 Å². The molecule has 2 heterocycles. The SMILES string of the molecule is C=C[C@@H]1C[C@]1(NC(=O)[C@@H]1C[C@@H](Oc2nccc3cc(OC)ccc23)CN1C(=O)CNC(=O)C(=C)/C=N\C=C/N)C(=O)NS(=O)(=O)C1CC1. The van der Waals surface area contributed by atoms with E-state index in [1.165, 1.54) is 29.6 Å². The van der Waals surface area contributed by atoms with Gasteiger partial charge in [-0.15, -0.1) is 6.58 Å². The first-order valence-electron chi connectivity index (χ1n) is 15.2. The lowest BCUT2D eigenvalue weighted by Gasteiger charge is -2.26. The minimum atomic E-state index is -3.89. The van der Waals surface area contributed by atoms with E-state index in [0.29, 0.717) is 24.0 Å². The number of methoxy groups -OCH3 is 1. The fraction of sp³-hybridized carbons (Fsp3) is 0.375. The normalized spacial score (nSPS) is 23.5. The number of pyridine rings is 1. The van der Waals surface area contributed by atoms with Crippen LogP contribution in [0.25, 0.3) is 10.8 Å². The molecule has 5 N–H and O–H groups in total. The fourth-order valence-corrected chi connectivity index (χ4v) is 6.91. The first kappa shape index (κ1) is 34.1. The molecule has 3 aliphatic rings. The second-order valence-corrected chi connectivity index (χ2v) is 13.7. The molecule has 2 aromatic rings. The van der Waals surface area contributed by atoms with Gasteiger partial charge in [0, 0.05) is 42.5 Å². The summed E-state index contributed by atoms with van der Waals surface area (Å²) in [4.78, 5) is 62.6. The molecule has 1 aliphatic heterocycles. The lowest BCUT2D eigenvalue weighted by Crippen LogP contribution is -2.57. The van der Waals surface area contributed by atoms with Crippen molar-refractivity contribution in [1.82, 2.24) is 25.2 Å². The number of carbonyl (C=O) groups is 4. The molecule has 0 bridgehead atoms. The zero-order valence-corrected chi connectivity index (χ0v) is 27.1. The number of carbonyl (C=O) groups excluding carboxylic acids is 4. The van der Waals surface area contributed by atoms with E-state index in [0.717, 1.165) is 5.39 Å². The van der Waals surface area contributed by atoms with Gasteiger partial charge in [0.25, 0.3) is 11.8 Å². The molecule has 2 saturated carbocycles. The minimum Gasteiger partial charge on any atom is -0.497 e. The Morgan fingerprint density at radius 2 is 2.00 bits per heavy atom. The molecule has 1 aromatic heterocycles. The van der Waals surface area contributed by atoms with E-state index in [-0.39, 0.29) is 30.8 Å². The van der Waals surface area contributed by atoms with Crippen LogP contribution in [0.4, 0.5) is 0 Å². The number of amides is 4. The highest BCUT2D eigenvalue weighted by Gasteiger charge is 2.62. The number of ether oxygens (including phenoxy) is 2. The van der Waals surface area contributed by atoms with E-state index >= 15 is 0 Å². The van der Waals surface area contributed by atoms with Crippen LogP contribution in [0, 0.1) is 5.92 Å². The van der Waals surface area contributed by atoms with Gasteiger partial charge in [0.15, 0.2) is 0 Å². The summed E-state index contributed by atoms with van der Waals surface area (Å²) in [6, 6.07) is 6.01. The average Bonchev–Trinajstić information content (AvgIpc) is 4.00. The Labute approximate surface area is 277 Å². The van der Waals surface area contributed by atoms with Gasteiger partial charge in [0.1, 0.15) is 23.4 Å². The molecule has 4 amide bonds. The molecule has 15 nitrogen and oxygen atoms in total. The van der Waals surface area contributed by atoms with Crippen molar-refractivity contribution < 1.29 is 37.1 Å². The molecule has 48 heavy (non-hydrogen) atoms. The number of rotatable bonds is 14. The van der Waals surface area contributed by atoms with Gasteiger partial charge in [0.2, 0.25) is 27.7 Å². The fourth-order valence-electron chi connectivity index (χ4n) is 5.55. The highest BCUT2D eigenvalue weighted by atomic mass is 32.2. The van der Waals surface area contributed by atoms with Crippen molar-refractivity contribution in [2.24, 2.45) is 16.6 Å².